The Balaban J connectivity index is 1.59. The number of hydrogen-bond acceptors (Lipinski definition) is 6. The number of benzene rings is 2. The summed E-state index contributed by atoms with van der Waals surface area (Å²) in [6, 6.07) is 13.0. The molecule has 0 spiro atoms. The molecule has 2 aromatic heterocycles. The quantitative estimate of drug-likeness (QED) is 0.594. The van der Waals surface area contributed by atoms with Gasteiger partial charge in [-0.05, 0) is 37.3 Å². The van der Waals surface area contributed by atoms with Crippen LogP contribution < -0.4 is 5.32 Å². The summed E-state index contributed by atoms with van der Waals surface area (Å²) in [5.41, 5.74) is 4.74. The summed E-state index contributed by atoms with van der Waals surface area (Å²) in [5.74, 6) is -0.170. The van der Waals surface area contributed by atoms with Gasteiger partial charge in [0.1, 0.15) is 11.0 Å². The summed E-state index contributed by atoms with van der Waals surface area (Å²) < 4.78 is 8.31. The number of anilines is 1. The van der Waals surface area contributed by atoms with E-state index in [2.05, 4.69) is 19.0 Å². The van der Waals surface area contributed by atoms with Crippen LogP contribution in [0.25, 0.3) is 22.3 Å². The van der Waals surface area contributed by atoms with Crippen LogP contribution in [0.1, 0.15) is 15.4 Å². The van der Waals surface area contributed by atoms with E-state index in [0.717, 1.165) is 44.7 Å². The fourth-order valence-corrected chi connectivity index (χ4v) is 3.52. The number of aromatic nitrogens is 3. The van der Waals surface area contributed by atoms with Crippen LogP contribution in [-0.4, -0.2) is 19.6 Å². The first kappa shape index (κ1) is 14.9. The Labute approximate surface area is 146 Å². The number of carbonyl (C=O) groups excluding carboxylic acids is 1. The molecule has 0 saturated carbocycles. The van der Waals surface area contributed by atoms with Crippen molar-refractivity contribution in [2.75, 3.05) is 5.32 Å². The lowest BCUT2D eigenvalue weighted by Crippen LogP contribution is -2.11. The van der Waals surface area contributed by atoms with Gasteiger partial charge in [0, 0.05) is 22.2 Å². The molecule has 118 valence electrons. The largest absolute Gasteiger partial charge is 0.322 e. The van der Waals surface area contributed by atoms with Crippen LogP contribution in [0, 0.1) is 6.92 Å². The molecule has 0 bridgehead atoms. The van der Waals surface area contributed by atoms with Crippen molar-refractivity contribution < 1.29 is 4.79 Å². The highest BCUT2D eigenvalue weighted by Crippen LogP contribution is 2.24. The number of aryl methyl sites for hydroxylation is 1. The molecular formula is C17H12N4OS2. The number of nitrogens with one attached hydrogen (secondary N) is 1. The summed E-state index contributed by atoms with van der Waals surface area (Å²) >= 11 is 2.75. The molecule has 1 amide bonds. The van der Waals surface area contributed by atoms with E-state index in [1.807, 2.05) is 42.6 Å². The Morgan fingerprint density at radius 3 is 2.79 bits per heavy atom. The van der Waals surface area contributed by atoms with Gasteiger partial charge in [-0.1, -0.05) is 12.1 Å². The maximum atomic E-state index is 12.5. The molecule has 0 atom stereocenters. The zero-order valence-electron chi connectivity index (χ0n) is 12.7. The first-order valence-electron chi connectivity index (χ1n) is 7.25. The summed E-state index contributed by atoms with van der Waals surface area (Å²) in [5, 5.41) is 5.96. The molecule has 4 aromatic rings. The summed E-state index contributed by atoms with van der Waals surface area (Å²) in [7, 11) is 0. The van der Waals surface area contributed by atoms with Crippen molar-refractivity contribution in [1.29, 1.82) is 0 Å². The zero-order chi connectivity index (χ0) is 16.5. The molecule has 0 saturated heterocycles. The lowest BCUT2D eigenvalue weighted by Gasteiger charge is -2.06. The lowest BCUT2D eigenvalue weighted by atomic mass is 10.1. The minimum absolute atomic E-state index is 0.170. The van der Waals surface area contributed by atoms with Crippen molar-refractivity contribution in [3.05, 3.63) is 58.4 Å². The van der Waals surface area contributed by atoms with Crippen LogP contribution in [-0.2, 0) is 0 Å². The Kier molecular flexibility index (Phi) is 3.79. The van der Waals surface area contributed by atoms with Crippen LogP contribution in [0.2, 0.25) is 0 Å². The fraction of sp³-hybridized carbons (Fsp3) is 0.0588. The highest BCUT2D eigenvalue weighted by molar-refractivity contribution is 7.09. The van der Waals surface area contributed by atoms with Gasteiger partial charge in [-0.25, -0.2) is 4.98 Å². The van der Waals surface area contributed by atoms with Gasteiger partial charge < -0.3 is 5.32 Å². The van der Waals surface area contributed by atoms with Gasteiger partial charge in [-0.3, -0.25) is 4.79 Å². The summed E-state index contributed by atoms with van der Waals surface area (Å²) in [4.78, 5) is 16.9. The SMILES string of the molecule is Cc1nc(-c2cccc(NC(=O)c3ccc4nsnc4c3)c2)cs1. The fourth-order valence-electron chi connectivity index (χ4n) is 2.38. The Hall–Kier alpha value is -2.64. The van der Waals surface area contributed by atoms with E-state index in [0.29, 0.717) is 5.56 Å². The van der Waals surface area contributed by atoms with Crippen molar-refractivity contribution in [3.8, 4) is 11.3 Å². The van der Waals surface area contributed by atoms with E-state index in [1.54, 1.807) is 23.5 Å². The number of amides is 1. The van der Waals surface area contributed by atoms with E-state index >= 15 is 0 Å². The monoisotopic (exact) mass is 352 g/mol. The number of thiazole rings is 1. The lowest BCUT2D eigenvalue weighted by molar-refractivity contribution is 0.102. The topological polar surface area (TPSA) is 67.8 Å². The van der Waals surface area contributed by atoms with Crippen LogP contribution >= 0.6 is 23.1 Å². The predicted octanol–water partition coefficient (Wildman–Crippen LogP) is 4.38. The van der Waals surface area contributed by atoms with E-state index in [-0.39, 0.29) is 5.91 Å². The molecule has 4 rings (SSSR count). The number of rotatable bonds is 3. The molecule has 0 fully saturated rings. The van der Waals surface area contributed by atoms with Crippen LogP contribution in [0.3, 0.4) is 0 Å². The summed E-state index contributed by atoms with van der Waals surface area (Å²) in [6.07, 6.45) is 0. The van der Waals surface area contributed by atoms with E-state index in [9.17, 15) is 4.79 Å². The maximum Gasteiger partial charge on any atom is 0.255 e. The molecule has 0 aliphatic heterocycles. The minimum Gasteiger partial charge on any atom is -0.322 e. The van der Waals surface area contributed by atoms with Crippen LogP contribution in [0.4, 0.5) is 5.69 Å². The van der Waals surface area contributed by atoms with E-state index in [4.69, 9.17) is 0 Å². The van der Waals surface area contributed by atoms with Gasteiger partial charge in [-0.15, -0.1) is 11.3 Å². The standard InChI is InChI=1S/C17H12N4OS2/c1-10-18-16(9-23-10)11-3-2-4-13(7-11)19-17(22)12-5-6-14-15(8-12)21-24-20-14/h2-9H,1H3,(H,19,22). The predicted molar refractivity (Wildman–Crippen MR) is 97.7 cm³/mol. The van der Waals surface area contributed by atoms with Crippen molar-refractivity contribution in [1.82, 2.24) is 13.7 Å². The van der Waals surface area contributed by atoms with Crippen molar-refractivity contribution in [3.63, 3.8) is 0 Å². The molecule has 1 N–H and O–H groups in total. The van der Waals surface area contributed by atoms with E-state index in [1.165, 1.54) is 0 Å². The molecular weight excluding hydrogens is 340 g/mol. The number of fused-ring (bicyclic) bond motifs is 1. The first-order valence-corrected chi connectivity index (χ1v) is 8.86. The molecule has 7 heteroatoms. The van der Waals surface area contributed by atoms with Crippen LogP contribution in [0.15, 0.2) is 47.8 Å². The van der Waals surface area contributed by atoms with Crippen molar-refractivity contribution in [2.45, 2.75) is 6.92 Å². The molecule has 24 heavy (non-hydrogen) atoms. The molecule has 5 nitrogen and oxygen atoms in total. The van der Waals surface area contributed by atoms with Gasteiger partial charge in [-0.2, -0.15) is 8.75 Å². The van der Waals surface area contributed by atoms with Gasteiger partial charge in [0.15, 0.2) is 0 Å². The molecule has 0 unspecified atom stereocenters. The second-order valence-corrected chi connectivity index (χ2v) is 6.85. The molecule has 2 aromatic carbocycles. The smallest absolute Gasteiger partial charge is 0.255 e. The molecule has 0 aliphatic carbocycles. The average Bonchev–Trinajstić information content (AvgIpc) is 3.23. The molecule has 0 radical (unpaired) electrons. The average molecular weight is 352 g/mol. The van der Waals surface area contributed by atoms with Crippen molar-refractivity contribution >= 4 is 45.7 Å². The van der Waals surface area contributed by atoms with Crippen LogP contribution in [0.5, 0.6) is 0 Å². The first-order chi connectivity index (χ1) is 11.7. The number of nitrogens with zero attached hydrogens (tertiary/aromatic N) is 3. The van der Waals surface area contributed by atoms with Gasteiger partial charge in [0.05, 0.1) is 22.4 Å². The third kappa shape index (κ3) is 2.91. The maximum absolute atomic E-state index is 12.5. The number of carbonyl (C=O) groups is 1. The Morgan fingerprint density at radius 2 is 1.96 bits per heavy atom. The second-order valence-electron chi connectivity index (χ2n) is 5.25. The Morgan fingerprint density at radius 1 is 1.08 bits per heavy atom. The van der Waals surface area contributed by atoms with Gasteiger partial charge >= 0.3 is 0 Å². The molecule has 0 aliphatic rings. The normalized spacial score (nSPS) is 10.9. The Bertz CT molecular complexity index is 1040. The number of hydrogen-bond donors (Lipinski definition) is 1. The van der Waals surface area contributed by atoms with Crippen molar-refractivity contribution in [2.24, 2.45) is 0 Å². The minimum atomic E-state index is -0.170. The van der Waals surface area contributed by atoms with E-state index < -0.39 is 0 Å². The molecule has 2 heterocycles. The highest BCUT2D eigenvalue weighted by atomic mass is 32.1. The summed E-state index contributed by atoms with van der Waals surface area (Å²) in [6.45, 7) is 1.98. The zero-order valence-corrected chi connectivity index (χ0v) is 14.3. The third-order valence-electron chi connectivity index (χ3n) is 3.55. The van der Waals surface area contributed by atoms with Gasteiger partial charge in [0.2, 0.25) is 0 Å². The van der Waals surface area contributed by atoms with Gasteiger partial charge in [0.25, 0.3) is 5.91 Å². The highest BCUT2D eigenvalue weighted by Gasteiger charge is 2.10. The third-order valence-corrected chi connectivity index (χ3v) is 4.88. The second kappa shape index (κ2) is 6.10.